The molecule has 1 saturated carbocycles. The van der Waals surface area contributed by atoms with Crippen molar-refractivity contribution in [3.63, 3.8) is 0 Å². The maximum atomic E-state index is 13.1. The number of pyridine rings is 3. The molecule has 2 atom stereocenters. The zero-order chi connectivity index (χ0) is 20.0. The van der Waals surface area contributed by atoms with Crippen molar-refractivity contribution in [2.75, 3.05) is 5.32 Å². The van der Waals surface area contributed by atoms with Gasteiger partial charge < -0.3 is 9.88 Å². The minimum atomic E-state index is -1.07. The van der Waals surface area contributed by atoms with Gasteiger partial charge in [0.15, 0.2) is 0 Å². The molecule has 1 unspecified atom stereocenters. The van der Waals surface area contributed by atoms with E-state index in [4.69, 9.17) is 0 Å². The lowest BCUT2D eigenvalue weighted by molar-refractivity contribution is -0.117. The predicted octanol–water partition coefficient (Wildman–Crippen LogP) is 3.16. The topological polar surface area (TPSA) is 76.9 Å². The van der Waals surface area contributed by atoms with Crippen LogP contribution in [0.4, 0.5) is 10.2 Å². The minimum Gasteiger partial charge on any atom is -0.311 e. The van der Waals surface area contributed by atoms with Crippen LogP contribution in [0, 0.1) is 12.8 Å². The van der Waals surface area contributed by atoms with E-state index >= 15 is 0 Å². The number of nitrogens with zero attached hydrogens (tertiary/aromatic N) is 3. The molecule has 3 aromatic heterocycles. The normalized spacial score (nSPS) is 18.3. The Balaban J connectivity index is 1.75. The molecule has 1 amide bonds. The van der Waals surface area contributed by atoms with Gasteiger partial charge in [0.05, 0.1) is 11.4 Å². The van der Waals surface area contributed by atoms with Crippen LogP contribution < -0.4 is 10.9 Å². The Hall–Kier alpha value is -3.09. The zero-order valence-electron chi connectivity index (χ0n) is 16.0. The molecule has 3 aromatic rings. The van der Waals surface area contributed by atoms with Crippen molar-refractivity contribution >= 4 is 22.6 Å². The average molecular weight is 380 g/mol. The Morgan fingerprint density at radius 2 is 2.00 bits per heavy atom. The minimum absolute atomic E-state index is 0.156. The van der Waals surface area contributed by atoms with Gasteiger partial charge in [0.25, 0.3) is 5.56 Å². The smallest absolute Gasteiger partial charge is 0.258 e. The van der Waals surface area contributed by atoms with Gasteiger partial charge in [-0.2, -0.15) is 0 Å². The van der Waals surface area contributed by atoms with Crippen LogP contribution in [-0.4, -0.2) is 26.6 Å². The van der Waals surface area contributed by atoms with E-state index in [1.807, 2.05) is 19.9 Å². The van der Waals surface area contributed by atoms with Crippen molar-refractivity contribution < 1.29 is 9.18 Å². The summed E-state index contributed by atoms with van der Waals surface area (Å²) < 4.78 is 14.6. The van der Waals surface area contributed by atoms with Gasteiger partial charge in [0.2, 0.25) is 5.91 Å². The van der Waals surface area contributed by atoms with E-state index < -0.39 is 12.1 Å². The van der Waals surface area contributed by atoms with Crippen LogP contribution in [-0.2, 0) is 18.3 Å². The monoisotopic (exact) mass is 380 g/mol. The van der Waals surface area contributed by atoms with Crippen LogP contribution in [0.5, 0.6) is 0 Å². The van der Waals surface area contributed by atoms with E-state index in [2.05, 4.69) is 15.3 Å². The van der Waals surface area contributed by atoms with Crippen molar-refractivity contribution in [1.29, 1.82) is 0 Å². The summed E-state index contributed by atoms with van der Waals surface area (Å²) in [6.07, 6.45) is 3.37. The van der Waals surface area contributed by atoms with Gasteiger partial charge in [-0.05, 0) is 37.5 Å². The molecule has 0 bridgehead atoms. The fourth-order valence-electron chi connectivity index (χ4n) is 3.37. The predicted molar refractivity (Wildman–Crippen MR) is 106 cm³/mol. The number of hydrogen-bond donors (Lipinski definition) is 1. The lowest BCUT2D eigenvalue weighted by Crippen LogP contribution is -2.20. The number of amides is 1. The summed E-state index contributed by atoms with van der Waals surface area (Å²) >= 11 is 0. The van der Waals surface area contributed by atoms with Gasteiger partial charge >= 0.3 is 0 Å². The van der Waals surface area contributed by atoms with Crippen LogP contribution in [0.15, 0.2) is 35.4 Å². The molecule has 1 aliphatic carbocycles. The summed E-state index contributed by atoms with van der Waals surface area (Å²) in [5.41, 5.74) is 3.80. The van der Waals surface area contributed by atoms with Crippen LogP contribution in [0.2, 0.25) is 0 Å². The SMILES string of the molecule is CCc1cc(C)c(-c2cc3cnc(NC(=O)[C@H]4CC4F)cc3n(C)c2=O)cn1. The Morgan fingerprint density at radius 3 is 2.64 bits per heavy atom. The Kier molecular flexibility index (Phi) is 4.45. The van der Waals surface area contributed by atoms with Crippen LogP contribution in [0.3, 0.4) is 0 Å². The third-order valence-corrected chi connectivity index (χ3v) is 5.23. The summed E-state index contributed by atoms with van der Waals surface area (Å²) in [5.74, 6) is -0.659. The number of hydrogen-bond acceptors (Lipinski definition) is 4. The summed E-state index contributed by atoms with van der Waals surface area (Å²) in [6, 6.07) is 5.43. The number of rotatable bonds is 4. The number of nitrogens with one attached hydrogen (secondary N) is 1. The van der Waals surface area contributed by atoms with Gasteiger partial charge in [-0.1, -0.05) is 6.92 Å². The highest BCUT2D eigenvalue weighted by Crippen LogP contribution is 2.34. The number of anilines is 1. The summed E-state index contributed by atoms with van der Waals surface area (Å²) in [5, 5.41) is 3.39. The standard InChI is InChI=1S/C21H21FN4O2/c1-4-13-5-11(2)16(10-23-13)14-6-12-9-24-19(8-18(12)26(3)21(14)28)25-20(27)15-7-17(15)22/h5-6,8-10,15,17H,4,7H2,1-3H3,(H,24,25,27)/t15-,17?/m0/s1. The van der Waals surface area contributed by atoms with Crippen LogP contribution in [0.25, 0.3) is 22.0 Å². The lowest BCUT2D eigenvalue weighted by atomic mass is 10.0. The van der Waals surface area contributed by atoms with Gasteiger partial charge in [0, 0.05) is 47.7 Å². The fraction of sp³-hybridized carbons (Fsp3) is 0.333. The van der Waals surface area contributed by atoms with Crippen molar-refractivity contribution in [3.05, 3.63) is 52.2 Å². The highest BCUT2D eigenvalue weighted by Gasteiger charge is 2.43. The van der Waals surface area contributed by atoms with E-state index in [0.717, 1.165) is 28.6 Å². The highest BCUT2D eigenvalue weighted by atomic mass is 19.1. The molecular weight excluding hydrogens is 359 g/mol. The quantitative estimate of drug-likeness (QED) is 0.754. The Labute approximate surface area is 161 Å². The second kappa shape index (κ2) is 6.82. The maximum Gasteiger partial charge on any atom is 0.258 e. The molecule has 1 N–H and O–H groups in total. The van der Waals surface area contributed by atoms with Gasteiger partial charge in [0.1, 0.15) is 12.0 Å². The number of carbonyl (C=O) groups excluding carboxylic acids is 1. The average Bonchev–Trinajstić information content (AvgIpc) is 3.42. The zero-order valence-corrected chi connectivity index (χ0v) is 16.0. The summed E-state index contributed by atoms with van der Waals surface area (Å²) in [4.78, 5) is 33.6. The number of fused-ring (bicyclic) bond motifs is 1. The molecule has 1 fully saturated rings. The molecule has 144 valence electrons. The van der Waals surface area contributed by atoms with Crippen molar-refractivity contribution in [3.8, 4) is 11.1 Å². The highest BCUT2D eigenvalue weighted by molar-refractivity contribution is 5.95. The fourth-order valence-corrected chi connectivity index (χ4v) is 3.37. The lowest BCUT2D eigenvalue weighted by Gasteiger charge is -2.12. The first-order valence-corrected chi connectivity index (χ1v) is 9.29. The second-order valence-electron chi connectivity index (χ2n) is 7.24. The van der Waals surface area contributed by atoms with Gasteiger partial charge in [-0.15, -0.1) is 0 Å². The molecule has 0 aliphatic heterocycles. The first-order valence-electron chi connectivity index (χ1n) is 9.29. The largest absolute Gasteiger partial charge is 0.311 e. The van der Waals surface area contributed by atoms with Crippen molar-refractivity contribution in [2.24, 2.45) is 13.0 Å². The number of aromatic nitrogens is 3. The van der Waals surface area contributed by atoms with Crippen LogP contribution >= 0.6 is 0 Å². The molecule has 3 heterocycles. The van der Waals surface area contributed by atoms with Crippen LogP contribution in [0.1, 0.15) is 24.6 Å². The van der Waals surface area contributed by atoms with E-state index in [-0.39, 0.29) is 17.9 Å². The van der Waals surface area contributed by atoms with E-state index in [9.17, 15) is 14.0 Å². The van der Waals surface area contributed by atoms with E-state index in [1.165, 1.54) is 4.57 Å². The van der Waals surface area contributed by atoms with Gasteiger partial charge in [-0.25, -0.2) is 9.37 Å². The molecule has 4 rings (SSSR count). The van der Waals surface area contributed by atoms with Crippen molar-refractivity contribution in [1.82, 2.24) is 14.5 Å². The molecule has 6 nitrogen and oxygen atoms in total. The van der Waals surface area contributed by atoms with Gasteiger partial charge in [-0.3, -0.25) is 14.6 Å². The van der Waals surface area contributed by atoms with Crippen molar-refractivity contribution in [2.45, 2.75) is 32.9 Å². The molecular formula is C21H21FN4O2. The number of aryl methyl sites for hydroxylation is 3. The third kappa shape index (κ3) is 3.17. The molecule has 0 spiro atoms. The molecule has 0 radical (unpaired) electrons. The number of halogens is 1. The molecule has 28 heavy (non-hydrogen) atoms. The molecule has 0 saturated heterocycles. The maximum absolute atomic E-state index is 13.1. The molecule has 1 aliphatic rings. The summed E-state index contributed by atoms with van der Waals surface area (Å²) in [6.45, 7) is 4.00. The second-order valence-corrected chi connectivity index (χ2v) is 7.24. The Bertz CT molecular complexity index is 1160. The summed E-state index contributed by atoms with van der Waals surface area (Å²) in [7, 11) is 1.68. The number of alkyl halides is 1. The molecule has 0 aromatic carbocycles. The first kappa shape index (κ1) is 18.3. The molecule has 7 heteroatoms. The Morgan fingerprint density at radius 1 is 1.25 bits per heavy atom. The van der Waals surface area contributed by atoms with E-state index in [1.54, 1.807) is 31.6 Å². The number of carbonyl (C=O) groups is 1. The first-order chi connectivity index (χ1) is 13.4. The van der Waals surface area contributed by atoms with E-state index in [0.29, 0.717) is 16.9 Å². The third-order valence-electron chi connectivity index (χ3n) is 5.23.